The molecular formula is C12H17ClN2O. The van der Waals surface area contributed by atoms with Crippen molar-refractivity contribution in [3.05, 3.63) is 30.3 Å². The van der Waals surface area contributed by atoms with E-state index in [2.05, 4.69) is 22.3 Å². The topological polar surface area (TPSA) is 32.3 Å². The van der Waals surface area contributed by atoms with Gasteiger partial charge in [-0.05, 0) is 18.6 Å². The maximum atomic E-state index is 10.9. The lowest BCUT2D eigenvalue weighted by Crippen LogP contribution is -2.28. The molecule has 0 spiro atoms. The highest BCUT2D eigenvalue weighted by molar-refractivity contribution is 6.27. The molecule has 16 heavy (non-hydrogen) atoms. The third-order valence-electron chi connectivity index (χ3n) is 2.31. The van der Waals surface area contributed by atoms with Crippen molar-refractivity contribution in [3.63, 3.8) is 0 Å². The van der Waals surface area contributed by atoms with Crippen molar-refractivity contribution < 1.29 is 4.79 Å². The van der Waals surface area contributed by atoms with Gasteiger partial charge in [-0.1, -0.05) is 18.2 Å². The van der Waals surface area contributed by atoms with Crippen LogP contribution in [0.15, 0.2) is 30.3 Å². The van der Waals surface area contributed by atoms with E-state index in [-0.39, 0.29) is 11.8 Å². The second kappa shape index (κ2) is 7.12. The molecule has 0 saturated carbocycles. The Morgan fingerprint density at radius 3 is 2.69 bits per heavy atom. The number of carbonyl (C=O) groups excluding carboxylic acids is 1. The fraction of sp³-hybridized carbons (Fsp3) is 0.417. The van der Waals surface area contributed by atoms with Crippen LogP contribution in [-0.2, 0) is 4.79 Å². The van der Waals surface area contributed by atoms with Gasteiger partial charge >= 0.3 is 0 Å². The average Bonchev–Trinajstić information content (AvgIpc) is 2.35. The van der Waals surface area contributed by atoms with Crippen LogP contribution in [0.4, 0.5) is 5.69 Å². The van der Waals surface area contributed by atoms with Crippen molar-refractivity contribution in [2.45, 2.75) is 6.42 Å². The number of para-hydroxylation sites is 1. The molecule has 0 fully saturated rings. The lowest BCUT2D eigenvalue weighted by atomic mass is 10.3. The molecule has 1 rings (SSSR count). The van der Waals surface area contributed by atoms with Crippen molar-refractivity contribution in [3.8, 4) is 0 Å². The van der Waals surface area contributed by atoms with Crippen molar-refractivity contribution in [2.24, 2.45) is 0 Å². The van der Waals surface area contributed by atoms with Gasteiger partial charge in [0, 0.05) is 25.8 Å². The van der Waals surface area contributed by atoms with Crippen molar-refractivity contribution in [1.82, 2.24) is 5.32 Å². The van der Waals surface area contributed by atoms with Crippen LogP contribution in [0.5, 0.6) is 0 Å². The Labute approximate surface area is 101 Å². The zero-order valence-electron chi connectivity index (χ0n) is 9.45. The Morgan fingerprint density at radius 2 is 2.06 bits per heavy atom. The highest BCUT2D eigenvalue weighted by Gasteiger charge is 2.00. The van der Waals surface area contributed by atoms with Gasteiger partial charge in [-0.25, -0.2) is 0 Å². The lowest BCUT2D eigenvalue weighted by Gasteiger charge is -2.19. The number of alkyl halides is 1. The second-order valence-corrected chi connectivity index (χ2v) is 3.86. The minimum atomic E-state index is -0.107. The molecular weight excluding hydrogens is 224 g/mol. The number of nitrogens with zero attached hydrogens (tertiary/aromatic N) is 1. The Morgan fingerprint density at radius 1 is 1.38 bits per heavy atom. The Bertz CT molecular complexity index is 316. The minimum Gasteiger partial charge on any atom is -0.375 e. The summed E-state index contributed by atoms with van der Waals surface area (Å²) in [5.74, 6) is -0.0711. The lowest BCUT2D eigenvalue weighted by molar-refractivity contribution is -0.118. The van der Waals surface area contributed by atoms with Gasteiger partial charge in [0.1, 0.15) is 5.88 Å². The van der Waals surface area contributed by atoms with Gasteiger partial charge in [0.25, 0.3) is 0 Å². The molecule has 0 aliphatic carbocycles. The molecule has 88 valence electrons. The van der Waals surface area contributed by atoms with Crippen LogP contribution >= 0.6 is 11.6 Å². The maximum Gasteiger partial charge on any atom is 0.234 e. The molecule has 0 aromatic heterocycles. The number of carbonyl (C=O) groups is 1. The Kier molecular flexibility index (Phi) is 5.72. The third kappa shape index (κ3) is 4.53. The summed E-state index contributed by atoms with van der Waals surface area (Å²) in [7, 11) is 2.04. The zero-order chi connectivity index (χ0) is 11.8. The highest BCUT2D eigenvalue weighted by atomic mass is 35.5. The number of nitrogens with one attached hydrogen (secondary N) is 1. The zero-order valence-corrected chi connectivity index (χ0v) is 10.2. The van der Waals surface area contributed by atoms with Crippen LogP contribution in [0, 0.1) is 0 Å². The van der Waals surface area contributed by atoms with Gasteiger partial charge in [0.2, 0.25) is 5.91 Å². The summed E-state index contributed by atoms with van der Waals surface area (Å²) in [6, 6.07) is 10.2. The monoisotopic (exact) mass is 240 g/mol. The fourth-order valence-corrected chi connectivity index (χ4v) is 1.50. The second-order valence-electron chi connectivity index (χ2n) is 3.59. The quantitative estimate of drug-likeness (QED) is 0.608. The molecule has 1 amide bonds. The van der Waals surface area contributed by atoms with E-state index in [4.69, 9.17) is 11.6 Å². The Hall–Kier alpha value is -1.22. The molecule has 0 saturated heterocycles. The van der Waals surface area contributed by atoms with E-state index >= 15 is 0 Å². The van der Waals surface area contributed by atoms with E-state index in [1.807, 2.05) is 25.2 Å². The molecule has 0 aliphatic heterocycles. The van der Waals surface area contributed by atoms with Gasteiger partial charge < -0.3 is 10.2 Å². The summed E-state index contributed by atoms with van der Waals surface area (Å²) in [6.45, 7) is 1.58. The van der Waals surface area contributed by atoms with E-state index in [0.29, 0.717) is 6.54 Å². The van der Waals surface area contributed by atoms with Crippen LogP contribution in [-0.4, -0.2) is 31.9 Å². The molecule has 1 N–H and O–H groups in total. The molecule has 0 aliphatic rings. The van der Waals surface area contributed by atoms with E-state index in [1.165, 1.54) is 5.69 Å². The molecule has 4 heteroatoms. The number of benzene rings is 1. The standard InChI is InChI=1S/C12H17ClN2O/c1-15(11-6-3-2-4-7-11)9-5-8-14-12(16)10-13/h2-4,6-7H,5,8-10H2,1H3,(H,14,16). The van der Waals surface area contributed by atoms with E-state index in [0.717, 1.165) is 13.0 Å². The molecule has 1 aromatic rings. The smallest absolute Gasteiger partial charge is 0.234 e. The van der Waals surface area contributed by atoms with E-state index in [1.54, 1.807) is 0 Å². The Balaban J connectivity index is 2.21. The number of anilines is 1. The fourth-order valence-electron chi connectivity index (χ4n) is 1.40. The highest BCUT2D eigenvalue weighted by Crippen LogP contribution is 2.10. The molecule has 0 bridgehead atoms. The molecule has 0 radical (unpaired) electrons. The van der Waals surface area contributed by atoms with E-state index < -0.39 is 0 Å². The van der Waals surface area contributed by atoms with Gasteiger partial charge in [-0.2, -0.15) is 0 Å². The molecule has 0 unspecified atom stereocenters. The van der Waals surface area contributed by atoms with Crippen LogP contribution in [0.25, 0.3) is 0 Å². The summed E-state index contributed by atoms with van der Waals surface area (Å²) in [6.07, 6.45) is 0.911. The van der Waals surface area contributed by atoms with Gasteiger partial charge in [-0.3, -0.25) is 4.79 Å². The predicted octanol–water partition coefficient (Wildman–Crippen LogP) is 1.87. The summed E-state index contributed by atoms with van der Waals surface area (Å²) >= 11 is 5.37. The first-order valence-electron chi connectivity index (χ1n) is 5.33. The van der Waals surface area contributed by atoms with Crippen molar-refractivity contribution in [1.29, 1.82) is 0 Å². The van der Waals surface area contributed by atoms with Crippen molar-refractivity contribution >= 4 is 23.2 Å². The number of halogens is 1. The minimum absolute atomic E-state index is 0.0362. The maximum absolute atomic E-state index is 10.9. The molecule has 0 atom stereocenters. The molecule has 1 aromatic carbocycles. The van der Waals surface area contributed by atoms with Gasteiger partial charge in [0.15, 0.2) is 0 Å². The van der Waals surface area contributed by atoms with Crippen LogP contribution < -0.4 is 10.2 Å². The van der Waals surface area contributed by atoms with Crippen LogP contribution in [0.2, 0.25) is 0 Å². The SMILES string of the molecule is CN(CCCNC(=O)CCl)c1ccccc1. The molecule has 0 heterocycles. The number of amides is 1. The first kappa shape index (κ1) is 12.8. The van der Waals surface area contributed by atoms with Gasteiger partial charge in [-0.15, -0.1) is 11.6 Å². The van der Waals surface area contributed by atoms with Crippen LogP contribution in [0.1, 0.15) is 6.42 Å². The van der Waals surface area contributed by atoms with Crippen LogP contribution in [0.3, 0.4) is 0 Å². The summed E-state index contributed by atoms with van der Waals surface area (Å²) in [5, 5.41) is 2.74. The van der Waals surface area contributed by atoms with Crippen molar-refractivity contribution in [2.75, 3.05) is 30.9 Å². The number of rotatable bonds is 6. The average molecular weight is 241 g/mol. The molecule has 3 nitrogen and oxygen atoms in total. The summed E-state index contributed by atoms with van der Waals surface area (Å²) in [5.41, 5.74) is 1.19. The number of hydrogen-bond acceptors (Lipinski definition) is 2. The number of hydrogen-bond donors (Lipinski definition) is 1. The van der Waals surface area contributed by atoms with Gasteiger partial charge in [0.05, 0.1) is 0 Å². The third-order valence-corrected chi connectivity index (χ3v) is 2.55. The van der Waals surface area contributed by atoms with E-state index in [9.17, 15) is 4.79 Å². The summed E-state index contributed by atoms with van der Waals surface area (Å²) in [4.78, 5) is 13.0. The largest absolute Gasteiger partial charge is 0.375 e. The normalized spacial score (nSPS) is 9.88. The first-order chi connectivity index (χ1) is 7.74. The first-order valence-corrected chi connectivity index (χ1v) is 5.86. The summed E-state index contributed by atoms with van der Waals surface area (Å²) < 4.78 is 0. The predicted molar refractivity (Wildman–Crippen MR) is 68.1 cm³/mol.